The van der Waals surface area contributed by atoms with Crippen molar-refractivity contribution < 1.29 is 4.42 Å². The van der Waals surface area contributed by atoms with Crippen molar-refractivity contribution in [1.82, 2.24) is 20.0 Å². The molecule has 2 aromatic rings. The molecule has 5 nitrogen and oxygen atoms in total. The number of hydrogen-bond acceptors (Lipinski definition) is 6. The normalized spacial score (nSPS) is 19.0. The van der Waals surface area contributed by atoms with Gasteiger partial charge in [-0.3, -0.25) is 9.80 Å². The minimum Gasteiger partial charge on any atom is -0.424 e. The van der Waals surface area contributed by atoms with Gasteiger partial charge in [-0.1, -0.05) is 6.92 Å². The molecule has 0 N–H and O–H groups in total. The SMILES string of the molecule is CCc1nnc(CN2CCN(C(C)c3ccsc3)CC2)o1. The second kappa shape index (κ2) is 6.68. The number of rotatable bonds is 5. The van der Waals surface area contributed by atoms with E-state index in [-0.39, 0.29) is 0 Å². The first kappa shape index (κ1) is 14.7. The van der Waals surface area contributed by atoms with Crippen molar-refractivity contribution in [3.63, 3.8) is 0 Å². The van der Waals surface area contributed by atoms with Gasteiger partial charge in [-0.15, -0.1) is 10.2 Å². The van der Waals surface area contributed by atoms with Gasteiger partial charge in [0.05, 0.1) is 6.54 Å². The Kier molecular flexibility index (Phi) is 4.67. The number of aryl methyl sites for hydroxylation is 1. The molecule has 1 unspecified atom stereocenters. The molecular formula is C15H22N4OS. The van der Waals surface area contributed by atoms with Crippen LogP contribution >= 0.6 is 11.3 Å². The number of aromatic nitrogens is 2. The van der Waals surface area contributed by atoms with Crippen molar-refractivity contribution in [2.45, 2.75) is 32.9 Å². The summed E-state index contributed by atoms with van der Waals surface area (Å²) in [6, 6.07) is 2.74. The third kappa shape index (κ3) is 3.51. The van der Waals surface area contributed by atoms with E-state index in [4.69, 9.17) is 4.42 Å². The van der Waals surface area contributed by atoms with Crippen LogP contribution in [0.1, 0.15) is 37.2 Å². The van der Waals surface area contributed by atoms with E-state index in [1.807, 2.05) is 6.92 Å². The van der Waals surface area contributed by atoms with E-state index in [1.54, 1.807) is 11.3 Å². The molecule has 1 aliphatic heterocycles. The standard InChI is InChI=1S/C15H22N4OS/c1-3-14-16-17-15(20-14)10-18-5-7-19(8-6-18)12(2)13-4-9-21-11-13/h4,9,11-12H,3,5-8,10H2,1-2H3. The van der Waals surface area contributed by atoms with Gasteiger partial charge in [0.25, 0.3) is 0 Å². The van der Waals surface area contributed by atoms with E-state index in [1.165, 1.54) is 5.56 Å². The fourth-order valence-electron chi connectivity index (χ4n) is 2.72. The number of hydrogen-bond donors (Lipinski definition) is 0. The average molecular weight is 306 g/mol. The lowest BCUT2D eigenvalue weighted by Crippen LogP contribution is -2.46. The van der Waals surface area contributed by atoms with Gasteiger partial charge in [0.15, 0.2) is 0 Å². The summed E-state index contributed by atoms with van der Waals surface area (Å²) in [6.07, 6.45) is 0.804. The number of thiophene rings is 1. The zero-order valence-corrected chi connectivity index (χ0v) is 13.5. The predicted molar refractivity (Wildman–Crippen MR) is 83.3 cm³/mol. The Morgan fingerprint density at radius 2 is 2.00 bits per heavy atom. The van der Waals surface area contributed by atoms with Gasteiger partial charge in [-0.25, -0.2) is 0 Å². The first-order valence-electron chi connectivity index (χ1n) is 7.56. The fraction of sp³-hybridized carbons (Fsp3) is 0.600. The smallest absolute Gasteiger partial charge is 0.230 e. The van der Waals surface area contributed by atoms with Crippen LogP contribution in [0.15, 0.2) is 21.2 Å². The maximum Gasteiger partial charge on any atom is 0.230 e. The monoisotopic (exact) mass is 306 g/mol. The molecule has 0 aliphatic carbocycles. The molecule has 0 spiro atoms. The van der Waals surface area contributed by atoms with Crippen LogP contribution in [0, 0.1) is 0 Å². The van der Waals surface area contributed by atoms with E-state index in [0.717, 1.165) is 50.9 Å². The second-order valence-electron chi connectivity index (χ2n) is 5.49. The van der Waals surface area contributed by atoms with Crippen molar-refractivity contribution >= 4 is 11.3 Å². The van der Waals surface area contributed by atoms with Crippen molar-refractivity contribution in [1.29, 1.82) is 0 Å². The lowest BCUT2D eigenvalue weighted by atomic mass is 10.1. The summed E-state index contributed by atoms with van der Waals surface area (Å²) < 4.78 is 5.59. The summed E-state index contributed by atoms with van der Waals surface area (Å²) in [5, 5.41) is 12.5. The zero-order chi connectivity index (χ0) is 14.7. The summed E-state index contributed by atoms with van der Waals surface area (Å²) in [6.45, 7) is 9.38. The highest BCUT2D eigenvalue weighted by Crippen LogP contribution is 2.23. The topological polar surface area (TPSA) is 45.4 Å². The van der Waals surface area contributed by atoms with Crippen LogP contribution < -0.4 is 0 Å². The Morgan fingerprint density at radius 1 is 1.24 bits per heavy atom. The van der Waals surface area contributed by atoms with Crippen LogP contribution in [0.5, 0.6) is 0 Å². The highest BCUT2D eigenvalue weighted by atomic mass is 32.1. The van der Waals surface area contributed by atoms with Crippen molar-refractivity contribution in [3.05, 3.63) is 34.2 Å². The van der Waals surface area contributed by atoms with Crippen LogP contribution in [-0.4, -0.2) is 46.2 Å². The van der Waals surface area contributed by atoms with Crippen molar-refractivity contribution in [2.24, 2.45) is 0 Å². The van der Waals surface area contributed by atoms with Crippen molar-refractivity contribution in [2.75, 3.05) is 26.2 Å². The van der Waals surface area contributed by atoms with E-state index < -0.39 is 0 Å². The van der Waals surface area contributed by atoms with Crippen molar-refractivity contribution in [3.8, 4) is 0 Å². The Morgan fingerprint density at radius 3 is 2.62 bits per heavy atom. The average Bonchev–Trinajstić information content (AvgIpc) is 3.19. The van der Waals surface area contributed by atoms with Gasteiger partial charge in [0.2, 0.25) is 11.8 Å². The van der Waals surface area contributed by atoms with E-state index in [2.05, 4.69) is 43.7 Å². The van der Waals surface area contributed by atoms with Gasteiger partial charge < -0.3 is 4.42 Å². The summed E-state index contributed by atoms with van der Waals surface area (Å²) >= 11 is 1.77. The molecule has 0 aromatic carbocycles. The molecular weight excluding hydrogens is 284 g/mol. The highest BCUT2D eigenvalue weighted by Gasteiger charge is 2.23. The largest absolute Gasteiger partial charge is 0.424 e. The summed E-state index contributed by atoms with van der Waals surface area (Å²) in [7, 11) is 0. The summed E-state index contributed by atoms with van der Waals surface area (Å²) in [5.41, 5.74) is 1.43. The molecule has 3 heterocycles. The number of piperazine rings is 1. The fourth-order valence-corrected chi connectivity index (χ4v) is 3.47. The Labute approximate surface area is 129 Å². The van der Waals surface area contributed by atoms with Crippen LogP contribution in [0.4, 0.5) is 0 Å². The second-order valence-corrected chi connectivity index (χ2v) is 6.27. The van der Waals surface area contributed by atoms with Crippen LogP contribution in [0.3, 0.4) is 0 Å². The molecule has 0 amide bonds. The number of nitrogens with zero attached hydrogens (tertiary/aromatic N) is 4. The molecule has 114 valence electrons. The summed E-state index contributed by atoms with van der Waals surface area (Å²) in [4.78, 5) is 4.94. The Balaban J connectivity index is 1.50. The molecule has 1 fully saturated rings. The first-order chi connectivity index (χ1) is 10.3. The van der Waals surface area contributed by atoms with Gasteiger partial charge in [0, 0.05) is 38.6 Å². The minimum atomic E-state index is 0.508. The minimum absolute atomic E-state index is 0.508. The van der Waals surface area contributed by atoms with E-state index in [0.29, 0.717) is 6.04 Å². The third-order valence-electron chi connectivity index (χ3n) is 4.15. The molecule has 2 aromatic heterocycles. The molecule has 0 bridgehead atoms. The van der Waals surface area contributed by atoms with Crippen LogP contribution in [0.25, 0.3) is 0 Å². The summed E-state index contributed by atoms with van der Waals surface area (Å²) in [5.74, 6) is 1.47. The van der Waals surface area contributed by atoms with Crippen LogP contribution in [-0.2, 0) is 13.0 Å². The predicted octanol–water partition coefficient (Wildman–Crippen LogP) is 2.57. The lowest BCUT2D eigenvalue weighted by Gasteiger charge is -2.37. The van der Waals surface area contributed by atoms with Gasteiger partial charge in [-0.05, 0) is 29.3 Å². The van der Waals surface area contributed by atoms with Crippen LogP contribution in [0.2, 0.25) is 0 Å². The van der Waals surface area contributed by atoms with Gasteiger partial charge in [0.1, 0.15) is 0 Å². The maximum atomic E-state index is 5.59. The highest BCUT2D eigenvalue weighted by molar-refractivity contribution is 7.07. The zero-order valence-electron chi connectivity index (χ0n) is 12.7. The van der Waals surface area contributed by atoms with E-state index >= 15 is 0 Å². The molecule has 1 saturated heterocycles. The molecule has 0 radical (unpaired) electrons. The quantitative estimate of drug-likeness (QED) is 0.849. The third-order valence-corrected chi connectivity index (χ3v) is 4.85. The maximum absolute atomic E-state index is 5.59. The lowest BCUT2D eigenvalue weighted by molar-refractivity contribution is 0.0920. The molecule has 21 heavy (non-hydrogen) atoms. The van der Waals surface area contributed by atoms with Gasteiger partial charge >= 0.3 is 0 Å². The molecule has 1 atom stereocenters. The first-order valence-corrected chi connectivity index (χ1v) is 8.50. The van der Waals surface area contributed by atoms with E-state index in [9.17, 15) is 0 Å². The molecule has 3 rings (SSSR count). The molecule has 1 aliphatic rings. The Hall–Kier alpha value is -1.24. The molecule has 6 heteroatoms. The molecule has 0 saturated carbocycles. The Bertz CT molecular complexity index is 546. The van der Waals surface area contributed by atoms with Gasteiger partial charge in [-0.2, -0.15) is 11.3 Å².